The Bertz CT molecular complexity index is 831. The van der Waals surface area contributed by atoms with Crippen LogP contribution in [0.5, 0.6) is 0 Å². The van der Waals surface area contributed by atoms with Gasteiger partial charge in [-0.15, -0.1) is 0 Å². The Kier molecular flexibility index (Phi) is 5.79. The van der Waals surface area contributed by atoms with Crippen LogP contribution in [0, 0.1) is 6.92 Å². The number of hydrogen-bond acceptors (Lipinski definition) is 3. The molecule has 134 valence electrons. The number of piperazine rings is 1. The van der Waals surface area contributed by atoms with Crippen LogP contribution in [0.25, 0.3) is 0 Å². The second-order valence-electron chi connectivity index (χ2n) is 6.51. The van der Waals surface area contributed by atoms with Gasteiger partial charge in [-0.2, -0.15) is 4.31 Å². The summed E-state index contributed by atoms with van der Waals surface area (Å²) in [7, 11) is -3.28. The van der Waals surface area contributed by atoms with Crippen molar-refractivity contribution in [2.75, 3.05) is 26.2 Å². The monoisotopic (exact) mass is 378 g/mol. The molecule has 2 aromatic carbocycles. The smallest absolute Gasteiger partial charge is 0.218 e. The molecule has 25 heavy (non-hydrogen) atoms. The topological polar surface area (TPSA) is 40.6 Å². The van der Waals surface area contributed by atoms with Crippen LogP contribution in [-0.2, 0) is 22.3 Å². The van der Waals surface area contributed by atoms with E-state index in [0.29, 0.717) is 13.1 Å². The molecule has 6 heteroatoms. The molecule has 0 spiro atoms. The van der Waals surface area contributed by atoms with E-state index in [1.807, 2.05) is 55.5 Å². The minimum atomic E-state index is -3.28. The Morgan fingerprint density at radius 3 is 2.40 bits per heavy atom. The van der Waals surface area contributed by atoms with Crippen LogP contribution < -0.4 is 0 Å². The maximum absolute atomic E-state index is 12.7. The van der Waals surface area contributed by atoms with Gasteiger partial charge in [0.25, 0.3) is 0 Å². The lowest BCUT2D eigenvalue weighted by atomic mass is 10.2. The Morgan fingerprint density at radius 2 is 1.72 bits per heavy atom. The molecule has 2 aromatic rings. The van der Waals surface area contributed by atoms with Crippen LogP contribution in [0.1, 0.15) is 16.7 Å². The zero-order valence-corrected chi connectivity index (χ0v) is 15.9. The van der Waals surface area contributed by atoms with Crippen molar-refractivity contribution < 1.29 is 8.42 Å². The van der Waals surface area contributed by atoms with Crippen LogP contribution in [0.2, 0.25) is 5.02 Å². The molecule has 0 radical (unpaired) electrons. The van der Waals surface area contributed by atoms with Crippen molar-refractivity contribution in [3.05, 3.63) is 70.2 Å². The van der Waals surface area contributed by atoms with E-state index in [1.165, 1.54) is 0 Å². The van der Waals surface area contributed by atoms with E-state index in [1.54, 1.807) is 4.31 Å². The average molecular weight is 379 g/mol. The van der Waals surface area contributed by atoms with E-state index in [2.05, 4.69) is 4.90 Å². The molecule has 0 amide bonds. The summed E-state index contributed by atoms with van der Waals surface area (Å²) in [5.41, 5.74) is 3.01. The summed E-state index contributed by atoms with van der Waals surface area (Å²) in [4.78, 5) is 2.25. The van der Waals surface area contributed by atoms with Gasteiger partial charge in [0, 0.05) is 37.7 Å². The molecule has 0 atom stereocenters. The first-order valence-electron chi connectivity index (χ1n) is 8.43. The SMILES string of the molecule is Cc1cccc(CS(=O)(=O)N2CCN(Cc3ccccc3Cl)CC2)c1. The van der Waals surface area contributed by atoms with Crippen molar-refractivity contribution in [3.8, 4) is 0 Å². The Balaban J connectivity index is 1.58. The van der Waals surface area contributed by atoms with Crippen LogP contribution in [-0.4, -0.2) is 43.8 Å². The summed E-state index contributed by atoms with van der Waals surface area (Å²) in [5.74, 6) is 0.0686. The van der Waals surface area contributed by atoms with Gasteiger partial charge in [0.15, 0.2) is 0 Å². The van der Waals surface area contributed by atoms with Crippen molar-refractivity contribution in [3.63, 3.8) is 0 Å². The van der Waals surface area contributed by atoms with E-state index in [0.717, 1.165) is 41.3 Å². The van der Waals surface area contributed by atoms with Crippen LogP contribution in [0.15, 0.2) is 48.5 Å². The number of halogens is 1. The molecule has 0 aromatic heterocycles. The molecular weight excluding hydrogens is 356 g/mol. The Hall–Kier alpha value is -1.40. The number of sulfonamides is 1. The first kappa shape index (κ1) is 18.4. The highest BCUT2D eigenvalue weighted by Gasteiger charge is 2.27. The normalized spacial score (nSPS) is 16.9. The molecule has 1 saturated heterocycles. The second kappa shape index (κ2) is 7.87. The molecule has 0 saturated carbocycles. The van der Waals surface area contributed by atoms with Gasteiger partial charge in [-0.05, 0) is 24.1 Å². The van der Waals surface area contributed by atoms with E-state index in [-0.39, 0.29) is 5.75 Å². The Morgan fingerprint density at radius 1 is 1.00 bits per heavy atom. The number of nitrogens with zero attached hydrogens (tertiary/aromatic N) is 2. The maximum atomic E-state index is 12.7. The van der Waals surface area contributed by atoms with E-state index in [9.17, 15) is 8.42 Å². The predicted octanol–water partition coefficient (Wildman–Crippen LogP) is 3.30. The van der Waals surface area contributed by atoms with Crippen LogP contribution in [0.4, 0.5) is 0 Å². The second-order valence-corrected chi connectivity index (χ2v) is 8.89. The summed E-state index contributed by atoms with van der Waals surface area (Å²) in [6.45, 7) is 5.22. The Labute approximate surface area is 155 Å². The standard InChI is InChI=1S/C19H23ClN2O2S/c1-16-5-4-6-17(13-16)15-25(23,24)22-11-9-21(10-12-22)14-18-7-2-3-8-19(18)20/h2-8,13H,9-12,14-15H2,1H3. The highest BCUT2D eigenvalue weighted by atomic mass is 35.5. The van der Waals surface area contributed by atoms with Gasteiger partial charge >= 0.3 is 0 Å². The molecule has 1 aliphatic heterocycles. The summed E-state index contributed by atoms with van der Waals surface area (Å²) in [6, 6.07) is 15.5. The molecule has 0 N–H and O–H groups in total. The van der Waals surface area contributed by atoms with E-state index in [4.69, 9.17) is 11.6 Å². The zero-order valence-electron chi connectivity index (χ0n) is 14.4. The quantitative estimate of drug-likeness (QED) is 0.801. The highest BCUT2D eigenvalue weighted by Crippen LogP contribution is 2.19. The van der Waals surface area contributed by atoms with Crippen molar-refractivity contribution in [1.29, 1.82) is 0 Å². The summed E-state index contributed by atoms with van der Waals surface area (Å²) < 4.78 is 27.0. The van der Waals surface area contributed by atoms with Gasteiger partial charge in [0.05, 0.1) is 5.75 Å². The third kappa shape index (κ3) is 4.82. The maximum Gasteiger partial charge on any atom is 0.218 e. The fraction of sp³-hybridized carbons (Fsp3) is 0.368. The number of benzene rings is 2. The van der Waals surface area contributed by atoms with Gasteiger partial charge < -0.3 is 0 Å². The minimum Gasteiger partial charge on any atom is -0.296 e. The van der Waals surface area contributed by atoms with Gasteiger partial charge in [0.1, 0.15) is 0 Å². The molecule has 0 bridgehead atoms. The van der Waals surface area contributed by atoms with Crippen molar-refractivity contribution in [1.82, 2.24) is 9.21 Å². The van der Waals surface area contributed by atoms with Crippen molar-refractivity contribution in [2.45, 2.75) is 19.2 Å². The lowest BCUT2D eigenvalue weighted by Crippen LogP contribution is -2.48. The van der Waals surface area contributed by atoms with Crippen molar-refractivity contribution in [2.24, 2.45) is 0 Å². The van der Waals surface area contributed by atoms with Crippen LogP contribution >= 0.6 is 11.6 Å². The van der Waals surface area contributed by atoms with E-state index >= 15 is 0 Å². The molecule has 0 aliphatic carbocycles. The number of aryl methyl sites for hydroxylation is 1. The molecule has 0 unspecified atom stereocenters. The summed E-state index contributed by atoms with van der Waals surface area (Å²) in [5, 5.41) is 0.761. The summed E-state index contributed by atoms with van der Waals surface area (Å²) in [6.07, 6.45) is 0. The average Bonchev–Trinajstić information content (AvgIpc) is 2.57. The first-order valence-corrected chi connectivity index (χ1v) is 10.4. The first-order chi connectivity index (χ1) is 11.9. The number of hydrogen-bond donors (Lipinski definition) is 0. The lowest BCUT2D eigenvalue weighted by Gasteiger charge is -2.34. The number of rotatable bonds is 5. The highest BCUT2D eigenvalue weighted by molar-refractivity contribution is 7.88. The summed E-state index contributed by atoms with van der Waals surface area (Å²) >= 11 is 6.21. The third-order valence-corrected chi connectivity index (χ3v) is 6.73. The van der Waals surface area contributed by atoms with Gasteiger partial charge in [-0.1, -0.05) is 59.6 Å². The fourth-order valence-corrected chi connectivity index (χ4v) is 4.84. The third-order valence-electron chi connectivity index (χ3n) is 4.51. The van der Waals surface area contributed by atoms with Gasteiger partial charge in [-0.25, -0.2) is 8.42 Å². The van der Waals surface area contributed by atoms with Crippen LogP contribution in [0.3, 0.4) is 0 Å². The molecule has 4 nitrogen and oxygen atoms in total. The fourth-order valence-electron chi connectivity index (χ4n) is 3.14. The molecule has 1 heterocycles. The molecular formula is C19H23ClN2O2S. The molecule has 1 aliphatic rings. The predicted molar refractivity (Wildman–Crippen MR) is 102 cm³/mol. The van der Waals surface area contributed by atoms with Gasteiger partial charge in [0.2, 0.25) is 10.0 Å². The lowest BCUT2D eigenvalue weighted by molar-refractivity contribution is 0.181. The van der Waals surface area contributed by atoms with E-state index < -0.39 is 10.0 Å². The molecule has 3 rings (SSSR count). The minimum absolute atomic E-state index is 0.0686. The zero-order chi connectivity index (χ0) is 17.9. The molecule has 1 fully saturated rings. The van der Waals surface area contributed by atoms with Crippen molar-refractivity contribution >= 4 is 21.6 Å². The van der Waals surface area contributed by atoms with Gasteiger partial charge in [-0.3, -0.25) is 4.90 Å². The largest absolute Gasteiger partial charge is 0.296 e.